The fourth-order valence-electron chi connectivity index (χ4n) is 3.36. The highest BCUT2D eigenvalue weighted by Gasteiger charge is 2.27. The minimum Gasteiger partial charge on any atom is -0.490 e. The van der Waals surface area contributed by atoms with Gasteiger partial charge in [0.2, 0.25) is 5.90 Å². The van der Waals surface area contributed by atoms with Gasteiger partial charge in [-0.2, -0.15) is 0 Å². The molecule has 0 fully saturated rings. The minimum atomic E-state index is -1.13. The van der Waals surface area contributed by atoms with E-state index in [1.54, 1.807) is 6.07 Å². The number of rotatable bonds is 7. The van der Waals surface area contributed by atoms with Gasteiger partial charge < -0.3 is 14.2 Å². The molecule has 0 bridgehead atoms. The van der Waals surface area contributed by atoms with E-state index in [1.165, 1.54) is 6.08 Å². The Morgan fingerprint density at radius 3 is 2.60 bits per heavy atom. The monoisotopic (exact) mass is 609 g/mol. The molecule has 4 rings (SSSR count). The summed E-state index contributed by atoms with van der Waals surface area (Å²) in [5, 5.41) is -0.125. The Kier molecular flexibility index (Phi) is 7.71. The van der Waals surface area contributed by atoms with Crippen molar-refractivity contribution in [3.8, 4) is 11.5 Å². The summed E-state index contributed by atoms with van der Waals surface area (Å²) in [6, 6.07) is 13.1. The number of benzene rings is 3. The van der Waals surface area contributed by atoms with Crippen LogP contribution in [-0.4, -0.2) is 18.5 Å². The van der Waals surface area contributed by atoms with Gasteiger partial charge in [0.1, 0.15) is 6.61 Å². The largest absolute Gasteiger partial charge is 0.490 e. The zero-order valence-electron chi connectivity index (χ0n) is 18.7. The standard InChI is InChI=1S/C26H19ClF2INO4/c1-3-33-23-10-15(8-21(30)24(23)34-13-16-7-5-4-6-14(16)2)9-22-26(32)35-25(31-22)17-11-19(28)20(29)12-18(17)27/h4-12H,3,13H2,1-2H3/b22-9+. The molecule has 0 saturated carbocycles. The molecule has 0 N–H and O–H groups in total. The average Bonchev–Trinajstić information content (AvgIpc) is 3.16. The molecular formula is C26H19ClF2INO4. The number of hydrogen-bond donors (Lipinski definition) is 0. The quantitative estimate of drug-likeness (QED) is 0.127. The van der Waals surface area contributed by atoms with E-state index < -0.39 is 17.6 Å². The predicted octanol–water partition coefficient (Wildman–Crippen LogP) is 6.85. The van der Waals surface area contributed by atoms with Crippen molar-refractivity contribution in [2.24, 2.45) is 4.99 Å². The molecule has 0 amide bonds. The van der Waals surface area contributed by atoms with Crippen molar-refractivity contribution >= 4 is 52.1 Å². The predicted molar refractivity (Wildman–Crippen MR) is 138 cm³/mol. The first kappa shape index (κ1) is 25.1. The van der Waals surface area contributed by atoms with Gasteiger partial charge in [-0.1, -0.05) is 35.9 Å². The number of halogens is 4. The third kappa shape index (κ3) is 5.65. The second-order valence-corrected chi connectivity index (χ2v) is 9.13. The van der Waals surface area contributed by atoms with Crippen LogP contribution in [0, 0.1) is 22.1 Å². The molecule has 3 aromatic rings. The SMILES string of the molecule is CCOc1cc(/C=C2/N=C(c3cc(F)c(F)cc3Cl)OC2=O)cc(I)c1OCc1ccccc1C. The number of aryl methyl sites for hydroxylation is 1. The van der Waals surface area contributed by atoms with Gasteiger partial charge in [-0.25, -0.2) is 18.6 Å². The highest BCUT2D eigenvalue weighted by atomic mass is 127. The van der Waals surface area contributed by atoms with E-state index in [4.69, 9.17) is 25.8 Å². The second-order valence-electron chi connectivity index (χ2n) is 7.56. The molecule has 1 aliphatic rings. The molecule has 0 radical (unpaired) electrons. The number of carbonyl (C=O) groups excluding carboxylic acids is 1. The number of aliphatic imine (C=N–C) groups is 1. The maximum absolute atomic E-state index is 13.7. The van der Waals surface area contributed by atoms with Crippen molar-refractivity contribution < 1.29 is 27.8 Å². The maximum Gasteiger partial charge on any atom is 0.363 e. The molecular weight excluding hydrogens is 591 g/mol. The molecule has 3 aromatic carbocycles. The highest BCUT2D eigenvalue weighted by molar-refractivity contribution is 14.1. The van der Waals surface area contributed by atoms with Crippen LogP contribution in [0.15, 0.2) is 59.2 Å². The molecule has 0 aromatic heterocycles. The molecule has 180 valence electrons. The molecule has 0 aliphatic carbocycles. The summed E-state index contributed by atoms with van der Waals surface area (Å²) < 4.78 is 44.9. The van der Waals surface area contributed by atoms with E-state index in [1.807, 2.05) is 44.2 Å². The van der Waals surface area contributed by atoms with Gasteiger partial charge in [-0.05, 0) is 83.5 Å². The number of cyclic esters (lactones) is 1. The number of hydrogen-bond acceptors (Lipinski definition) is 5. The Labute approximate surface area is 219 Å². The Morgan fingerprint density at radius 2 is 1.86 bits per heavy atom. The lowest BCUT2D eigenvalue weighted by atomic mass is 10.1. The molecule has 0 unspecified atom stereocenters. The summed E-state index contributed by atoms with van der Waals surface area (Å²) in [4.78, 5) is 16.5. The Morgan fingerprint density at radius 1 is 1.11 bits per heavy atom. The summed E-state index contributed by atoms with van der Waals surface area (Å²) in [5.41, 5.74) is 2.76. The van der Waals surface area contributed by atoms with Crippen molar-refractivity contribution in [2.75, 3.05) is 6.61 Å². The van der Waals surface area contributed by atoms with E-state index in [9.17, 15) is 13.6 Å². The summed E-state index contributed by atoms with van der Waals surface area (Å²) >= 11 is 8.12. The third-order valence-electron chi connectivity index (χ3n) is 5.13. The van der Waals surface area contributed by atoms with Gasteiger partial charge in [-0.15, -0.1) is 0 Å². The molecule has 1 heterocycles. The fourth-order valence-corrected chi connectivity index (χ4v) is 4.38. The van der Waals surface area contributed by atoms with Gasteiger partial charge in [0.15, 0.2) is 28.8 Å². The number of carbonyl (C=O) groups is 1. The topological polar surface area (TPSA) is 57.1 Å². The van der Waals surface area contributed by atoms with Crippen LogP contribution in [0.2, 0.25) is 5.02 Å². The van der Waals surface area contributed by atoms with Crippen LogP contribution < -0.4 is 9.47 Å². The van der Waals surface area contributed by atoms with Gasteiger partial charge in [0, 0.05) is 0 Å². The Hall–Kier alpha value is -2.98. The van der Waals surface area contributed by atoms with E-state index in [2.05, 4.69) is 27.6 Å². The zero-order valence-corrected chi connectivity index (χ0v) is 21.6. The molecule has 5 nitrogen and oxygen atoms in total. The highest BCUT2D eigenvalue weighted by Crippen LogP contribution is 2.36. The lowest BCUT2D eigenvalue weighted by molar-refractivity contribution is -0.129. The van der Waals surface area contributed by atoms with Crippen LogP contribution in [0.5, 0.6) is 11.5 Å². The van der Waals surface area contributed by atoms with E-state index in [0.717, 1.165) is 26.8 Å². The third-order valence-corrected chi connectivity index (χ3v) is 6.24. The van der Waals surface area contributed by atoms with Crippen LogP contribution in [0.25, 0.3) is 6.08 Å². The number of esters is 1. The van der Waals surface area contributed by atoms with Crippen molar-refractivity contribution in [3.63, 3.8) is 0 Å². The van der Waals surface area contributed by atoms with Crippen molar-refractivity contribution in [1.29, 1.82) is 0 Å². The number of nitrogens with zero attached hydrogens (tertiary/aromatic N) is 1. The summed E-state index contributed by atoms with van der Waals surface area (Å²) in [6.45, 7) is 4.67. The number of ether oxygens (including phenoxy) is 3. The summed E-state index contributed by atoms with van der Waals surface area (Å²) in [6.07, 6.45) is 1.51. The zero-order chi connectivity index (χ0) is 25.1. The van der Waals surface area contributed by atoms with Gasteiger partial charge >= 0.3 is 5.97 Å². The fraction of sp³-hybridized carbons (Fsp3) is 0.154. The first-order valence-corrected chi connectivity index (χ1v) is 12.0. The van der Waals surface area contributed by atoms with Crippen molar-refractivity contribution in [3.05, 3.63) is 96.7 Å². The van der Waals surface area contributed by atoms with Crippen LogP contribution in [0.4, 0.5) is 8.78 Å². The molecule has 9 heteroatoms. The molecule has 35 heavy (non-hydrogen) atoms. The van der Waals surface area contributed by atoms with E-state index in [-0.39, 0.29) is 22.2 Å². The molecule has 0 saturated heterocycles. The normalized spacial score (nSPS) is 14.2. The first-order chi connectivity index (χ1) is 16.8. The Bertz CT molecular complexity index is 1370. The molecule has 0 spiro atoms. The van der Waals surface area contributed by atoms with Crippen LogP contribution in [-0.2, 0) is 16.1 Å². The van der Waals surface area contributed by atoms with Crippen molar-refractivity contribution in [1.82, 2.24) is 0 Å². The molecule has 1 aliphatic heterocycles. The smallest absolute Gasteiger partial charge is 0.363 e. The molecule has 0 atom stereocenters. The van der Waals surface area contributed by atoms with Crippen LogP contribution in [0.1, 0.15) is 29.2 Å². The summed E-state index contributed by atoms with van der Waals surface area (Å²) in [5.74, 6) is -2.08. The first-order valence-electron chi connectivity index (χ1n) is 10.6. The van der Waals surface area contributed by atoms with Gasteiger partial charge in [0.05, 0.1) is 20.8 Å². The van der Waals surface area contributed by atoms with Gasteiger partial charge in [0.25, 0.3) is 0 Å². The second kappa shape index (κ2) is 10.7. The van der Waals surface area contributed by atoms with Crippen LogP contribution in [0.3, 0.4) is 0 Å². The van der Waals surface area contributed by atoms with Crippen molar-refractivity contribution in [2.45, 2.75) is 20.5 Å². The van der Waals surface area contributed by atoms with Crippen LogP contribution >= 0.6 is 34.2 Å². The Balaban J connectivity index is 1.64. The van der Waals surface area contributed by atoms with E-state index >= 15 is 0 Å². The maximum atomic E-state index is 13.7. The average molecular weight is 610 g/mol. The summed E-state index contributed by atoms with van der Waals surface area (Å²) in [7, 11) is 0. The lowest BCUT2D eigenvalue weighted by Gasteiger charge is -2.15. The lowest BCUT2D eigenvalue weighted by Crippen LogP contribution is -2.07. The minimum absolute atomic E-state index is 0.0207. The van der Waals surface area contributed by atoms with E-state index in [0.29, 0.717) is 30.3 Å². The van der Waals surface area contributed by atoms with Gasteiger partial charge in [-0.3, -0.25) is 0 Å².